The second kappa shape index (κ2) is 4.63. The van der Waals surface area contributed by atoms with Gasteiger partial charge in [0.15, 0.2) is 5.78 Å². The summed E-state index contributed by atoms with van der Waals surface area (Å²) in [5, 5.41) is 0.598. The van der Waals surface area contributed by atoms with E-state index in [9.17, 15) is 4.79 Å². The number of ketones is 1. The zero-order chi connectivity index (χ0) is 13.4. The van der Waals surface area contributed by atoms with Crippen LogP contribution in [0.5, 0.6) is 0 Å². The Kier molecular flexibility index (Phi) is 2.96. The molecule has 0 fully saturated rings. The van der Waals surface area contributed by atoms with E-state index in [0.717, 1.165) is 11.3 Å². The molecule has 0 bridgehead atoms. The molecule has 0 aromatic heterocycles. The molecule has 0 spiro atoms. The Balaban J connectivity index is 2.09. The van der Waals surface area contributed by atoms with E-state index in [1.807, 2.05) is 31.2 Å². The lowest BCUT2D eigenvalue weighted by atomic mass is 9.96. The summed E-state index contributed by atoms with van der Waals surface area (Å²) in [5.74, 6) is 0.0947. The van der Waals surface area contributed by atoms with Gasteiger partial charge in [-0.25, -0.2) is 0 Å². The second-order valence-corrected chi connectivity index (χ2v) is 5.12. The molecule has 3 heteroatoms. The van der Waals surface area contributed by atoms with E-state index in [-0.39, 0.29) is 5.78 Å². The van der Waals surface area contributed by atoms with Crippen LogP contribution in [0.2, 0.25) is 5.02 Å². The van der Waals surface area contributed by atoms with E-state index in [4.69, 9.17) is 11.6 Å². The summed E-state index contributed by atoms with van der Waals surface area (Å²) in [6.45, 7) is 2.03. The van der Waals surface area contributed by atoms with Crippen molar-refractivity contribution in [3.8, 4) is 0 Å². The summed E-state index contributed by atoms with van der Waals surface area (Å²) < 4.78 is 0. The van der Waals surface area contributed by atoms with Gasteiger partial charge in [-0.1, -0.05) is 41.4 Å². The molecule has 0 radical (unpaired) electrons. The third-order valence-corrected chi connectivity index (χ3v) is 3.46. The smallest absolute Gasteiger partial charge is 0.171 e. The minimum absolute atomic E-state index is 0.0947. The topological polar surface area (TPSA) is 29.4 Å². The lowest BCUT2D eigenvalue weighted by Crippen LogP contribution is -2.14. The van der Waals surface area contributed by atoms with Crippen molar-refractivity contribution in [1.29, 1.82) is 0 Å². The Labute approximate surface area is 116 Å². The number of benzene rings is 2. The molecule has 2 nitrogen and oxygen atoms in total. The zero-order valence-corrected chi connectivity index (χ0v) is 11.2. The average molecular weight is 270 g/mol. The van der Waals surface area contributed by atoms with Crippen LogP contribution < -0.4 is 0 Å². The number of carbonyl (C=O) groups is 1. The molecule has 1 aliphatic heterocycles. The average Bonchev–Trinajstić information content (AvgIpc) is 2.38. The summed E-state index contributed by atoms with van der Waals surface area (Å²) in [6, 6.07) is 13.3. The van der Waals surface area contributed by atoms with Crippen molar-refractivity contribution in [2.75, 3.05) is 0 Å². The highest BCUT2D eigenvalue weighted by molar-refractivity contribution is 6.31. The maximum Gasteiger partial charge on any atom is 0.171 e. The number of rotatable bonds is 1. The number of hydrogen-bond donors (Lipinski definition) is 0. The lowest BCUT2D eigenvalue weighted by molar-refractivity contribution is 0.1000. The first-order valence-electron chi connectivity index (χ1n) is 6.11. The normalized spacial score (nSPS) is 14.0. The first-order valence-corrected chi connectivity index (χ1v) is 6.48. The highest BCUT2D eigenvalue weighted by atomic mass is 35.5. The molecule has 2 aromatic carbocycles. The van der Waals surface area contributed by atoms with Crippen molar-refractivity contribution < 1.29 is 4.79 Å². The van der Waals surface area contributed by atoms with Crippen LogP contribution >= 0.6 is 11.6 Å². The van der Waals surface area contributed by atoms with Crippen molar-refractivity contribution >= 4 is 28.8 Å². The molecule has 0 atom stereocenters. The fraction of sp³-hybridized carbons (Fsp3) is 0.125. The highest BCUT2D eigenvalue weighted by Crippen LogP contribution is 2.30. The van der Waals surface area contributed by atoms with Crippen molar-refractivity contribution in [2.45, 2.75) is 13.3 Å². The van der Waals surface area contributed by atoms with Gasteiger partial charge in [-0.2, -0.15) is 0 Å². The van der Waals surface area contributed by atoms with E-state index >= 15 is 0 Å². The molecule has 19 heavy (non-hydrogen) atoms. The third-order valence-electron chi connectivity index (χ3n) is 3.23. The minimum atomic E-state index is 0.0947. The Hall–Kier alpha value is -1.93. The van der Waals surface area contributed by atoms with E-state index < -0.39 is 0 Å². The van der Waals surface area contributed by atoms with Gasteiger partial charge >= 0.3 is 0 Å². The molecule has 0 aliphatic carbocycles. The second-order valence-electron chi connectivity index (χ2n) is 4.69. The summed E-state index contributed by atoms with van der Waals surface area (Å²) in [7, 11) is 0. The fourth-order valence-electron chi connectivity index (χ4n) is 2.18. The molecule has 3 rings (SSSR count). The van der Waals surface area contributed by atoms with Gasteiger partial charge in [0.25, 0.3) is 0 Å². The molecule has 0 unspecified atom stereocenters. The molecule has 1 aliphatic rings. The van der Waals surface area contributed by atoms with Crippen LogP contribution in [0.3, 0.4) is 0 Å². The number of nitrogens with zero attached hydrogens (tertiary/aromatic N) is 1. The Morgan fingerprint density at radius 3 is 2.58 bits per heavy atom. The van der Waals surface area contributed by atoms with Crippen molar-refractivity contribution in [1.82, 2.24) is 0 Å². The number of aliphatic imine (C=N–C) groups is 1. The molecular weight excluding hydrogens is 258 g/mol. The van der Waals surface area contributed by atoms with Gasteiger partial charge in [-0.05, 0) is 30.7 Å². The minimum Gasteiger partial charge on any atom is -0.294 e. The summed E-state index contributed by atoms with van der Waals surface area (Å²) in [5.41, 5.74) is 4.30. The number of aryl methyl sites for hydroxylation is 1. The Morgan fingerprint density at radius 1 is 1.11 bits per heavy atom. The van der Waals surface area contributed by atoms with Gasteiger partial charge in [0.05, 0.1) is 17.8 Å². The SMILES string of the molecule is Cc1ccc(C2=Nc3cc(Cl)ccc3C(=O)C2)cc1. The van der Waals surface area contributed by atoms with Crippen LogP contribution in [0, 0.1) is 6.92 Å². The van der Waals surface area contributed by atoms with E-state index in [1.165, 1.54) is 5.56 Å². The maximum atomic E-state index is 12.1. The highest BCUT2D eigenvalue weighted by Gasteiger charge is 2.20. The van der Waals surface area contributed by atoms with E-state index in [1.54, 1.807) is 18.2 Å². The molecule has 1 heterocycles. The number of Topliss-reactive ketones (excluding diaryl/α,β-unsaturated/α-hetero) is 1. The molecule has 94 valence electrons. The van der Waals surface area contributed by atoms with E-state index in [2.05, 4.69) is 4.99 Å². The largest absolute Gasteiger partial charge is 0.294 e. The number of carbonyl (C=O) groups excluding carboxylic acids is 1. The first-order chi connectivity index (χ1) is 9.13. The predicted molar refractivity (Wildman–Crippen MR) is 77.8 cm³/mol. The van der Waals surface area contributed by atoms with Gasteiger partial charge < -0.3 is 0 Å². The Morgan fingerprint density at radius 2 is 1.84 bits per heavy atom. The molecule has 0 saturated carbocycles. The number of hydrogen-bond acceptors (Lipinski definition) is 2. The predicted octanol–water partition coefficient (Wildman–Crippen LogP) is 4.36. The van der Waals surface area contributed by atoms with Gasteiger partial charge in [0.2, 0.25) is 0 Å². The molecule has 0 amide bonds. The quantitative estimate of drug-likeness (QED) is 0.756. The standard InChI is InChI=1S/C16H12ClNO/c1-10-2-4-11(5-3-10)14-9-16(19)13-7-6-12(17)8-15(13)18-14/h2-8H,9H2,1H3. The molecule has 2 aromatic rings. The van der Waals surface area contributed by atoms with Crippen LogP contribution in [0.1, 0.15) is 27.9 Å². The van der Waals surface area contributed by atoms with Crippen molar-refractivity contribution in [2.24, 2.45) is 4.99 Å². The van der Waals surface area contributed by atoms with Gasteiger partial charge in [0.1, 0.15) is 0 Å². The third kappa shape index (κ3) is 2.32. The van der Waals surface area contributed by atoms with Crippen LogP contribution in [0.4, 0.5) is 5.69 Å². The maximum absolute atomic E-state index is 12.1. The summed E-state index contributed by atoms with van der Waals surface area (Å²) >= 11 is 5.96. The monoisotopic (exact) mass is 269 g/mol. The summed E-state index contributed by atoms with van der Waals surface area (Å²) in [6.07, 6.45) is 0.345. The number of halogens is 1. The van der Waals surface area contributed by atoms with Crippen LogP contribution in [0.25, 0.3) is 0 Å². The molecule has 0 saturated heterocycles. The van der Waals surface area contributed by atoms with Crippen LogP contribution in [0.15, 0.2) is 47.5 Å². The Bertz CT molecular complexity index is 686. The first kappa shape index (κ1) is 12.1. The fourth-order valence-corrected chi connectivity index (χ4v) is 2.34. The van der Waals surface area contributed by atoms with Crippen molar-refractivity contribution in [3.63, 3.8) is 0 Å². The lowest BCUT2D eigenvalue weighted by Gasteiger charge is -2.15. The molecular formula is C16H12ClNO. The van der Waals surface area contributed by atoms with Gasteiger partial charge in [0, 0.05) is 10.6 Å². The van der Waals surface area contributed by atoms with Crippen LogP contribution in [-0.4, -0.2) is 11.5 Å². The zero-order valence-electron chi connectivity index (χ0n) is 10.5. The van der Waals surface area contributed by atoms with Crippen LogP contribution in [-0.2, 0) is 0 Å². The van der Waals surface area contributed by atoms with Gasteiger partial charge in [-0.3, -0.25) is 9.79 Å². The van der Waals surface area contributed by atoms with Gasteiger partial charge in [-0.15, -0.1) is 0 Å². The molecule has 0 N–H and O–H groups in total. The van der Waals surface area contributed by atoms with E-state index in [0.29, 0.717) is 22.7 Å². The van der Waals surface area contributed by atoms with Crippen molar-refractivity contribution in [3.05, 3.63) is 64.2 Å². The summed E-state index contributed by atoms with van der Waals surface area (Å²) in [4.78, 5) is 16.7. The number of fused-ring (bicyclic) bond motifs is 1.